The predicted molar refractivity (Wildman–Crippen MR) is 70.6 cm³/mol. The van der Waals surface area contributed by atoms with Crippen LogP contribution in [-0.4, -0.2) is 29.8 Å². The molecule has 2 heterocycles. The average molecular weight is 250 g/mol. The molecular weight excluding hydrogens is 228 g/mol. The van der Waals surface area contributed by atoms with Crippen LogP contribution in [0.5, 0.6) is 5.88 Å². The molecule has 1 aromatic rings. The van der Waals surface area contributed by atoms with Gasteiger partial charge in [0.05, 0.1) is 12.8 Å². The van der Waals surface area contributed by atoms with Crippen LogP contribution >= 0.6 is 0 Å². The number of piperidine rings is 1. The number of hydrogen-bond acceptors (Lipinski definition) is 4. The van der Waals surface area contributed by atoms with E-state index in [-0.39, 0.29) is 6.04 Å². The topological polar surface area (TPSA) is 54.4 Å². The number of pyridine rings is 1. The second-order valence-corrected chi connectivity index (χ2v) is 4.91. The molecule has 100 valence electrons. The molecule has 1 fully saturated rings. The van der Waals surface area contributed by atoms with Gasteiger partial charge in [-0.1, -0.05) is 19.4 Å². The molecule has 1 aliphatic heterocycles. The molecule has 0 saturated carbocycles. The third-order valence-corrected chi connectivity index (χ3v) is 3.76. The molecule has 2 N–H and O–H groups in total. The van der Waals surface area contributed by atoms with Gasteiger partial charge < -0.3 is 15.2 Å². The predicted octanol–water partition coefficient (Wildman–Crippen LogP) is 1.90. The third-order valence-electron chi connectivity index (χ3n) is 3.76. The summed E-state index contributed by atoms with van der Waals surface area (Å²) in [5.41, 5.74) is 0.684. The van der Waals surface area contributed by atoms with Gasteiger partial charge in [-0.25, -0.2) is 4.98 Å². The Bertz CT molecular complexity index is 384. The molecule has 18 heavy (non-hydrogen) atoms. The van der Waals surface area contributed by atoms with Crippen LogP contribution in [0, 0.1) is 5.92 Å². The zero-order chi connectivity index (χ0) is 13.0. The molecule has 0 radical (unpaired) electrons. The zero-order valence-corrected chi connectivity index (χ0v) is 11.1. The number of aliphatic hydroxyl groups is 1. The van der Waals surface area contributed by atoms with Crippen molar-refractivity contribution in [2.24, 2.45) is 5.92 Å². The first-order valence-electron chi connectivity index (χ1n) is 6.67. The van der Waals surface area contributed by atoms with Crippen LogP contribution in [0.4, 0.5) is 0 Å². The minimum atomic E-state index is -0.561. The van der Waals surface area contributed by atoms with Crippen molar-refractivity contribution in [2.45, 2.75) is 38.3 Å². The number of ether oxygens (including phenoxy) is 1. The Kier molecular flexibility index (Phi) is 4.55. The quantitative estimate of drug-likeness (QED) is 0.857. The van der Waals surface area contributed by atoms with E-state index in [4.69, 9.17) is 4.74 Å². The van der Waals surface area contributed by atoms with Gasteiger partial charge in [-0.05, 0) is 31.4 Å². The van der Waals surface area contributed by atoms with Gasteiger partial charge in [-0.15, -0.1) is 0 Å². The Balaban J connectivity index is 2.07. The number of aromatic nitrogens is 1. The van der Waals surface area contributed by atoms with Gasteiger partial charge >= 0.3 is 0 Å². The van der Waals surface area contributed by atoms with Crippen molar-refractivity contribution >= 4 is 0 Å². The smallest absolute Gasteiger partial charge is 0.213 e. The van der Waals surface area contributed by atoms with E-state index in [1.807, 2.05) is 12.1 Å². The van der Waals surface area contributed by atoms with Crippen molar-refractivity contribution in [3.63, 3.8) is 0 Å². The summed E-state index contributed by atoms with van der Waals surface area (Å²) >= 11 is 0. The summed E-state index contributed by atoms with van der Waals surface area (Å²) in [7, 11) is 1.59. The van der Waals surface area contributed by atoms with Crippen molar-refractivity contribution in [2.75, 3.05) is 13.7 Å². The lowest BCUT2D eigenvalue weighted by Gasteiger charge is -2.32. The number of nitrogens with zero attached hydrogens (tertiary/aromatic N) is 1. The van der Waals surface area contributed by atoms with Crippen molar-refractivity contribution in [1.82, 2.24) is 10.3 Å². The molecule has 0 amide bonds. The van der Waals surface area contributed by atoms with E-state index in [2.05, 4.69) is 17.2 Å². The lowest BCUT2D eigenvalue weighted by Crippen LogP contribution is -2.42. The minimum absolute atomic E-state index is 0.100. The lowest BCUT2D eigenvalue weighted by molar-refractivity contribution is 0.0939. The van der Waals surface area contributed by atoms with Gasteiger partial charge in [0.15, 0.2) is 0 Å². The summed E-state index contributed by atoms with van der Waals surface area (Å²) in [4.78, 5) is 4.30. The fourth-order valence-electron chi connectivity index (χ4n) is 2.56. The maximum absolute atomic E-state index is 10.4. The normalized spacial score (nSPS) is 25.7. The molecule has 0 bridgehead atoms. The molecule has 4 nitrogen and oxygen atoms in total. The van der Waals surface area contributed by atoms with E-state index in [0.29, 0.717) is 17.5 Å². The fraction of sp³-hybridized carbons (Fsp3) is 0.643. The van der Waals surface area contributed by atoms with Crippen LogP contribution in [0.2, 0.25) is 0 Å². The molecule has 1 saturated heterocycles. The molecule has 2 rings (SSSR count). The van der Waals surface area contributed by atoms with Gasteiger partial charge in [0, 0.05) is 12.1 Å². The summed E-state index contributed by atoms with van der Waals surface area (Å²) in [6.45, 7) is 3.19. The Morgan fingerprint density at radius 3 is 3.11 bits per heavy atom. The minimum Gasteiger partial charge on any atom is -0.481 e. The number of hydrogen-bond donors (Lipinski definition) is 2. The first kappa shape index (κ1) is 13.3. The monoisotopic (exact) mass is 250 g/mol. The Hall–Kier alpha value is -1.13. The van der Waals surface area contributed by atoms with Gasteiger partial charge in [0.25, 0.3) is 0 Å². The SMILES string of the molecule is CCC1CCNC(C(O)c2cccc(OC)n2)C1. The molecule has 1 aromatic heterocycles. The van der Waals surface area contributed by atoms with E-state index < -0.39 is 6.10 Å². The maximum Gasteiger partial charge on any atom is 0.213 e. The number of aliphatic hydroxyl groups excluding tert-OH is 1. The van der Waals surface area contributed by atoms with E-state index >= 15 is 0 Å². The summed E-state index contributed by atoms with van der Waals surface area (Å²) in [5, 5.41) is 13.8. The van der Waals surface area contributed by atoms with Crippen LogP contribution in [0.1, 0.15) is 38.0 Å². The standard InChI is InChI=1S/C14H22N2O2/c1-3-10-7-8-15-12(9-10)14(17)11-5-4-6-13(16-11)18-2/h4-6,10,12,14-15,17H,3,7-9H2,1-2H3. The second kappa shape index (κ2) is 6.16. The summed E-state index contributed by atoms with van der Waals surface area (Å²) < 4.78 is 5.09. The molecule has 4 heteroatoms. The van der Waals surface area contributed by atoms with Crippen LogP contribution in [0.25, 0.3) is 0 Å². The molecule has 3 unspecified atom stereocenters. The highest BCUT2D eigenvalue weighted by molar-refractivity contribution is 5.18. The number of rotatable bonds is 4. The van der Waals surface area contributed by atoms with Gasteiger partial charge in [-0.3, -0.25) is 0 Å². The molecular formula is C14H22N2O2. The highest BCUT2D eigenvalue weighted by atomic mass is 16.5. The van der Waals surface area contributed by atoms with Crippen LogP contribution in [0.15, 0.2) is 18.2 Å². The average Bonchev–Trinajstić information content (AvgIpc) is 2.46. The van der Waals surface area contributed by atoms with E-state index in [9.17, 15) is 5.11 Å². The van der Waals surface area contributed by atoms with Gasteiger partial charge in [0.2, 0.25) is 5.88 Å². The molecule has 1 aliphatic rings. The Morgan fingerprint density at radius 2 is 2.39 bits per heavy atom. The van der Waals surface area contributed by atoms with Crippen LogP contribution in [-0.2, 0) is 0 Å². The van der Waals surface area contributed by atoms with Crippen molar-refractivity contribution in [1.29, 1.82) is 0 Å². The highest BCUT2D eigenvalue weighted by Gasteiger charge is 2.27. The lowest BCUT2D eigenvalue weighted by atomic mass is 9.87. The van der Waals surface area contributed by atoms with Crippen molar-refractivity contribution in [3.05, 3.63) is 23.9 Å². The van der Waals surface area contributed by atoms with Crippen LogP contribution in [0.3, 0.4) is 0 Å². The largest absolute Gasteiger partial charge is 0.481 e. The Labute approximate surface area is 108 Å². The molecule has 0 spiro atoms. The maximum atomic E-state index is 10.4. The first-order valence-corrected chi connectivity index (χ1v) is 6.67. The van der Waals surface area contributed by atoms with E-state index in [1.165, 1.54) is 12.8 Å². The van der Waals surface area contributed by atoms with Crippen LogP contribution < -0.4 is 10.1 Å². The van der Waals surface area contributed by atoms with Crippen molar-refractivity contribution < 1.29 is 9.84 Å². The van der Waals surface area contributed by atoms with Gasteiger partial charge in [0.1, 0.15) is 6.10 Å². The number of methoxy groups -OCH3 is 1. The van der Waals surface area contributed by atoms with E-state index in [0.717, 1.165) is 13.0 Å². The highest BCUT2D eigenvalue weighted by Crippen LogP contribution is 2.27. The molecule has 0 aliphatic carbocycles. The number of nitrogens with one attached hydrogen (secondary N) is 1. The fourth-order valence-corrected chi connectivity index (χ4v) is 2.56. The summed E-state index contributed by atoms with van der Waals surface area (Å²) in [6.07, 6.45) is 2.83. The Morgan fingerprint density at radius 1 is 1.56 bits per heavy atom. The van der Waals surface area contributed by atoms with Crippen molar-refractivity contribution in [3.8, 4) is 5.88 Å². The molecule has 0 aromatic carbocycles. The first-order chi connectivity index (χ1) is 8.74. The second-order valence-electron chi connectivity index (χ2n) is 4.91. The zero-order valence-electron chi connectivity index (χ0n) is 11.1. The summed E-state index contributed by atoms with van der Waals surface area (Å²) in [6, 6.07) is 5.61. The molecule has 3 atom stereocenters. The van der Waals surface area contributed by atoms with E-state index in [1.54, 1.807) is 13.2 Å². The third kappa shape index (κ3) is 3.00. The summed E-state index contributed by atoms with van der Waals surface area (Å²) in [5.74, 6) is 1.26. The van der Waals surface area contributed by atoms with Gasteiger partial charge in [-0.2, -0.15) is 0 Å².